The molecule has 3 aromatic rings. The van der Waals surface area contributed by atoms with E-state index in [1.165, 1.54) is 6.20 Å². The highest BCUT2D eigenvalue weighted by atomic mass is 32.1. The lowest BCUT2D eigenvalue weighted by molar-refractivity contribution is 0.0731. The zero-order valence-electron chi connectivity index (χ0n) is 24.4. The predicted molar refractivity (Wildman–Crippen MR) is 170 cm³/mol. The lowest BCUT2D eigenvalue weighted by Gasteiger charge is -2.40. The van der Waals surface area contributed by atoms with Gasteiger partial charge in [0.1, 0.15) is 11.1 Å². The molecule has 43 heavy (non-hydrogen) atoms. The van der Waals surface area contributed by atoms with Crippen molar-refractivity contribution in [3.63, 3.8) is 0 Å². The van der Waals surface area contributed by atoms with Crippen molar-refractivity contribution in [2.24, 2.45) is 0 Å². The number of nitriles is 1. The van der Waals surface area contributed by atoms with Crippen LogP contribution in [0.15, 0.2) is 12.4 Å². The maximum absolute atomic E-state index is 14.9. The van der Waals surface area contributed by atoms with Gasteiger partial charge in [-0.05, 0) is 30.0 Å². The maximum Gasteiger partial charge on any atom is 0.226 e. The van der Waals surface area contributed by atoms with Crippen LogP contribution in [0.4, 0.5) is 15.3 Å². The van der Waals surface area contributed by atoms with Crippen LogP contribution >= 0.6 is 20.6 Å². The van der Waals surface area contributed by atoms with Crippen molar-refractivity contribution in [1.82, 2.24) is 25.1 Å². The van der Waals surface area contributed by atoms with E-state index in [2.05, 4.69) is 42.2 Å². The minimum absolute atomic E-state index is 0.274. The summed E-state index contributed by atoms with van der Waals surface area (Å²) < 4.78 is 26.1. The lowest BCUT2D eigenvalue weighted by atomic mass is 9.88. The summed E-state index contributed by atoms with van der Waals surface area (Å²) in [6.45, 7) is 10.0. The Labute approximate surface area is 256 Å². The van der Waals surface area contributed by atoms with Gasteiger partial charge in [0.15, 0.2) is 5.83 Å². The standard InChI is InChI=1S/C30H36FN8O2PS/c1-16-22(38-7-5-37(6-8-38)9-10-40-2)3-4-39(16)30-35-12-18-19-14-41-15-20(19)23(27(42)25(18)36-30)26-24-17(11-32)29(33)43-28(24)21(31)13-34-26/h12-13,16,22,26,34H,3-10,14-15,33,42H2,1-2H3. The maximum atomic E-state index is 14.9. The van der Waals surface area contributed by atoms with Gasteiger partial charge in [0.2, 0.25) is 5.95 Å². The van der Waals surface area contributed by atoms with E-state index in [-0.39, 0.29) is 6.04 Å². The summed E-state index contributed by atoms with van der Waals surface area (Å²) in [5.41, 5.74) is 10.9. The number of hydrogen-bond acceptors (Lipinski definition) is 11. The fourth-order valence-electron chi connectivity index (χ4n) is 7.26. The number of piperazine rings is 1. The average Bonchev–Trinajstić information content (AvgIpc) is 3.74. The molecule has 0 saturated carbocycles. The molecule has 10 nitrogen and oxygen atoms in total. The molecule has 7 rings (SSSR count). The molecule has 0 radical (unpaired) electrons. The van der Waals surface area contributed by atoms with E-state index < -0.39 is 11.9 Å². The largest absolute Gasteiger partial charge is 0.389 e. The molecule has 3 N–H and O–H groups in total. The summed E-state index contributed by atoms with van der Waals surface area (Å²) in [5, 5.41) is 15.3. The van der Waals surface area contributed by atoms with Gasteiger partial charge < -0.3 is 25.4 Å². The molecule has 2 aromatic heterocycles. The second-order valence-electron chi connectivity index (χ2n) is 11.7. The summed E-state index contributed by atoms with van der Waals surface area (Å²) in [6.07, 6.45) is 4.37. The molecule has 1 aromatic carbocycles. The van der Waals surface area contributed by atoms with E-state index in [1.807, 2.05) is 6.20 Å². The third kappa shape index (κ3) is 4.78. The van der Waals surface area contributed by atoms with Gasteiger partial charge in [0, 0.05) is 87.1 Å². The summed E-state index contributed by atoms with van der Waals surface area (Å²) >= 11 is 1.11. The molecule has 0 aliphatic carbocycles. The van der Waals surface area contributed by atoms with Gasteiger partial charge in [-0.15, -0.1) is 20.6 Å². The first-order valence-corrected chi connectivity index (χ1v) is 16.1. The third-order valence-electron chi connectivity index (χ3n) is 9.54. The summed E-state index contributed by atoms with van der Waals surface area (Å²) in [7, 11) is 4.63. The van der Waals surface area contributed by atoms with Crippen molar-refractivity contribution < 1.29 is 13.9 Å². The summed E-state index contributed by atoms with van der Waals surface area (Å²) in [4.78, 5) is 17.9. The molecule has 4 aliphatic heterocycles. The van der Waals surface area contributed by atoms with E-state index in [1.54, 1.807) is 7.11 Å². The Kier molecular flexibility index (Phi) is 7.74. The van der Waals surface area contributed by atoms with E-state index in [9.17, 15) is 9.65 Å². The highest BCUT2D eigenvalue weighted by molar-refractivity contribution is 7.28. The molecule has 4 unspecified atom stereocenters. The number of aromatic nitrogens is 2. The first-order valence-electron chi connectivity index (χ1n) is 14.7. The number of hydrogen-bond donors (Lipinski definition) is 2. The predicted octanol–water partition coefficient (Wildman–Crippen LogP) is 2.87. The number of thiophene rings is 1. The van der Waals surface area contributed by atoms with Crippen molar-refractivity contribution in [3.8, 4) is 6.07 Å². The number of nitrogens with zero attached hydrogens (tertiary/aromatic N) is 6. The quantitative estimate of drug-likeness (QED) is 0.398. The number of fused-ring (bicyclic) bond motifs is 4. The topological polar surface area (TPSA) is 116 Å². The first-order chi connectivity index (χ1) is 20.9. The van der Waals surface area contributed by atoms with E-state index in [0.717, 1.165) is 102 Å². The zero-order valence-corrected chi connectivity index (χ0v) is 26.4. The highest BCUT2D eigenvalue weighted by Crippen LogP contribution is 2.46. The second kappa shape index (κ2) is 11.5. The zero-order chi connectivity index (χ0) is 29.8. The molecule has 0 spiro atoms. The van der Waals surface area contributed by atoms with Gasteiger partial charge in [-0.1, -0.05) is 0 Å². The molecular weight excluding hydrogens is 586 g/mol. The first kappa shape index (κ1) is 28.8. The van der Waals surface area contributed by atoms with E-state index in [0.29, 0.717) is 40.3 Å². The summed E-state index contributed by atoms with van der Waals surface area (Å²) in [5.74, 6) is 0.303. The Morgan fingerprint density at radius 1 is 1.23 bits per heavy atom. The number of benzene rings is 1. The van der Waals surface area contributed by atoms with Crippen molar-refractivity contribution in [2.75, 3.05) is 63.6 Å². The summed E-state index contributed by atoms with van der Waals surface area (Å²) in [6, 6.07) is 2.47. The van der Waals surface area contributed by atoms with E-state index in [4.69, 9.17) is 25.2 Å². The number of nitrogen functional groups attached to an aromatic ring is 1. The molecule has 6 heterocycles. The number of rotatable bonds is 6. The molecule has 0 amide bonds. The molecule has 0 bridgehead atoms. The molecule has 4 aliphatic rings. The van der Waals surface area contributed by atoms with Crippen molar-refractivity contribution in [1.29, 1.82) is 5.26 Å². The second-order valence-corrected chi connectivity index (χ2v) is 13.3. The molecular formula is C30H36FN8O2PS. The van der Waals surface area contributed by atoms with Crippen LogP contribution < -0.4 is 21.3 Å². The third-order valence-corrected chi connectivity index (χ3v) is 11.2. The van der Waals surface area contributed by atoms with Crippen LogP contribution in [0.5, 0.6) is 0 Å². The molecule has 226 valence electrons. The van der Waals surface area contributed by atoms with Crippen LogP contribution in [-0.2, 0) is 22.7 Å². The number of anilines is 2. The molecule has 2 saturated heterocycles. The van der Waals surface area contributed by atoms with Gasteiger partial charge in [0.25, 0.3) is 0 Å². The van der Waals surface area contributed by atoms with Crippen molar-refractivity contribution >= 4 is 53.6 Å². The highest BCUT2D eigenvalue weighted by Gasteiger charge is 2.39. The average molecular weight is 623 g/mol. The van der Waals surface area contributed by atoms with Gasteiger partial charge in [-0.3, -0.25) is 9.80 Å². The molecule has 2 fully saturated rings. The lowest BCUT2D eigenvalue weighted by Crippen LogP contribution is -2.53. The Hall–Kier alpha value is -2.91. The number of methoxy groups -OCH3 is 1. The number of halogens is 1. The van der Waals surface area contributed by atoms with Crippen LogP contribution in [0, 0.1) is 11.3 Å². The van der Waals surface area contributed by atoms with Crippen LogP contribution in [-0.4, -0.2) is 84.8 Å². The van der Waals surface area contributed by atoms with Crippen LogP contribution in [0.1, 0.15) is 52.1 Å². The Morgan fingerprint density at radius 3 is 2.79 bits per heavy atom. The normalized spacial score (nSPS) is 24.1. The Balaban J connectivity index is 1.23. The number of nitrogens with two attached hydrogens (primary N) is 1. The van der Waals surface area contributed by atoms with Gasteiger partial charge in [-0.25, -0.2) is 14.4 Å². The molecule has 4 atom stereocenters. The fraction of sp³-hybridized carbons (Fsp3) is 0.500. The Morgan fingerprint density at radius 2 is 2.02 bits per heavy atom. The van der Waals surface area contributed by atoms with E-state index >= 15 is 0 Å². The van der Waals surface area contributed by atoms with Gasteiger partial charge in [-0.2, -0.15) is 5.26 Å². The Bertz CT molecular complexity index is 1650. The monoisotopic (exact) mass is 622 g/mol. The van der Waals surface area contributed by atoms with Crippen LogP contribution in [0.25, 0.3) is 16.7 Å². The van der Waals surface area contributed by atoms with Crippen molar-refractivity contribution in [3.05, 3.63) is 45.1 Å². The smallest absolute Gasteiger partial charge is 0.226 e. The van der Waals surface area contributed by atoms with Crippen molar-refractivity contribution in [2.45, 2.75) is 44.7 Å². The van der Waals surface area contributed by atoms with Crippen LogP contribution in [0.3, 0.4) is 0 Å². The molecule has 13 heteroatoms. The minimum atomic E-state index is -0.457. The minimum Gasteiger partial charge on any atom is -0.389 e. The van der Waals surface area contributed by atoms with Gasteiger partial charge in [0.05, 0.1) is 41.8 Å². The SMILES string of the molecule is COCCN1CCN(C2CCN(c3ncc4c5c(c(C6NC=C(F)c7sc(N)c(C#N)c76)c(P)c4n3)COC5)C2C)CC1. The fourth-order valence-corrected chi connectivity index (χ4v) is 8.79. The van der Waals surface area contributed by atoms with Crippen LogP contribution in [0.2, 0.25) is 0 Å². The number of nitrogens with one attached hydrogen (secondary N) is 1. The number of ether oxygens (including phenoxy) is 2. The van der Waals surface area contributed by atoms with Gasteiger partial charge >= 0.3 is 0 Å².